The molecule has 2 aliphatic rings. The van der Waals surface area contributed by atoms with Gasteiger partial charge in [0, 0.05) is 25.5 Å². The van der Waals surface area contributed by atoms with Crippen LogP contribution in [0.3, 0.4) is 0 Å². The van der Waals surface area contributed by atoms with Crippen LogP contribution in [0.15, 0.2) is 12.4 Å². The number of hydrogen-bond donors (Lipinski definition) is 0. The lowest BCUT2D eigenvalue weighted by atomic mass is 10.0. The molecule has 2 heterocycles. The maximum atomic E-state index is 11.2. The molecule has 0 aromatic carbocycles. The molecule has 1 aliphatic carbocycles. The topological polar surface area (TPSA) is 72.4 Å². The predicted molar refractivity (Wildman–Crippen MR) is 79.6 cm³/mol. The van der Waals surface area contributed by atoms with Crippen LogP contribution in [0, 0.1) is 11.8 Å². The lowest BCUT2D eigenvalue weighted by Gasteiger charge is -2.18. The first-order chi connectivity index (χ1) is 9.94. The van der Waals surface area contributed by atoms with Crippen LogP contribution in [0.2, 0.25) is 0 Å². The first-order valence-electron chi connectivity index (χ1n) is 7.38. The average Bonchev–Trinajstić information content (AvgIpc) is 2.94. The molecule has 2 fully saturated rings. The van der Waals surface area contributed by atoms with Gasteiger partial charge >= 0.3 is 0 Å². The molecule has 1 aliphatic heterocycles. The molecule has 0 spiro atoms. The summed E-state index contributed by atoms with van der Waals surface area (Å²) in [6, 6.07) is 0. The fourth-order valence-corrected chi connectivity index (χ4v) is 4.08. The van der Waals surface area contributed by atoms with Crippen molar-refractivity contribution in [2.24, 2.45) is 11.8 Å². The largest absolute Gasteiger partial charge is 0.340 e. The van der Waals surface area contributed by atoms with Gasteiger partial charge in [0.2, 0.25) is 5.95 Å². The zero-order valence-electron chi connectivity index (χ0n) is 12.4. The van der Waals surface area contributed by atoms with Gasteiger partial charge in [-0.2, -0.15) is 8.42 Å². The molecule has 0 N–H and O–H groups in total. The molecule has 3 rings (SSSR count). The first kappa shape index (κ1) is 14.7. The standard InChI is InChI=1S/C14H21N3O3S/c1-3-10-6-15-14(16-7-10)17-8-11-4-13(5-12(11)9-17)20-21(2,18)19/h6-7,11-13H,3-5,8-9H2,1-2H3. The third-order valence-electron chi connectivity index (χ3n) is 4.40. The highest BCUT2D eigenvalue weighted by atomic mass is 32.2. The van der Waals surface area contributed by atoms with Gasteiger partial charge in [-0.3, -0.25) is 4.18 Å². The van der Waals surface area contributed by atoms with Gasteiger partial charge < -0.3 is 4.90 Å². The Bertz CT molecular complexity index is 588. The van der Waals surface area contributed by atoms with E-state index in [1.54, 1.807) is 0 Å². The summed E-state index contributed by atoms with van der Waals surface area (Å²) in [5.41, 5.74) is 1.14. The number of fused-ring (bicyclic) bond motifs is 1. The Labute approximate surface area is 125 Å². The minimum atomic E-state index is -3.35. The molecule has 1 aromatic heterocycles. The van der Waals surface area contributed by atoms with Crippen molar-refractivity contribution in [2.75, 3.05) is 24.2 Å². The van der Waals surface area contributed by atoms with E-state index in [9.17, 15) is 8.42 Å². The van der Waals surface area contributed by atoms with E-state index in [2.05, 4.69) is 21.8 Å². The van der Waals surface area contributed by atoms with Crippen LogP contribution in [-0.2, 0) is 20.7 Å². The first-order valence-corrected chi connectivity index (χ1v) is 9.20. The second-order valence-corrected chi connectivity index (χ2v) is 7.66. The summed E-state index contributed by atoms with van der Waals surface area (Å²) in [6.07, 6.45) is 7.29. The Balaban J connectivity index is 1.61. The van der Waals surface area contributed by atoms with Gasteiger partial charge in [0.1, 0.15) is 0 Å². The van der Waals surface area contributed by atoms with E-state index >= 15 is 0 Å². The third kappa shape index (κ3) is 3.35. The van der Waals surface area contributed by atoms with E-state index < -0.39 is 10.1 Å². The van der Waals surface area contributed by atoms with Crippen LogP contribution in [-0.4, -0.2) is 43.8 Å². The van der Waals surface area contributed by atoms with Crippen LogP contribution in [0.5, 0.6) is 0 Å². The Morgan fingerprint density at radius 3 is 2.29 bits per heavy atom. The highest BCUT2D eigenvalue weighted by Gasteiger charge is 2.43. The zero-order valence-corrected chi connectivity index (χ0v) is 13.2. The van der Waals surface area contributed by atoms with Gasteiger partial charge in [-0.25, -0.2) is 9.97 Å². The van der Waals surface area contributed by atoms with Crippen LogP contribution in [0.4, 0.5) is 5.95 Å². The molecule has 1 saturated heterocycles. The molecule has 0 amide bonds. The van der Waals surface area contributed by atoms with Gasteiger partial charge in [0.25, 0.3) is 10.1 Å². The molecule has 0 radical (unpaired) electrons. The van der Waals surface area contributed by atoms with Crippen molar-refractivity contribution >= 4 is 16.1 Å². The predicted octanol–water partition coefficient (Wildman–Crippen LogP) is 1.23. The summed E-state index contributed by atoms with van der Waals surface area (Å²) < 4.78 is 27.5. The fraction of sp³-hybridized carbons (Fsp3) is 0.714. The Morgan fingerprint density at radius 2 is 1.81 bits per heavy atom. The Morgan fingerprint density at radius 1 is 1.24 bits per heavy atom. The zero-order chi connectivity index (χ0) is 15.0. The minimum Gasteiger partial charge on any atom is -0.340 e. The number of anilines is 1. The summed E-state index contributed by atoms with van der Waals surface area (Å²) in [4.78, 5) is 11.0. The smallest absolute Gasteiger partial charge is 0.264 e. The van der Waals surface area contributed by atoms with Crippen molar-refractivity contribution in [1.82, 2.24) is 9.97 Å². The monoisotopic (exact) mass is 311 g/mol. The molecule has 21 heavy (non-hydrogen) atoms. The van der Waals surface area contributed by atoms with Gasteiger partial charge in [-0.1, -0.05) is 6.92 Å². The lowest BCUT2D eigenvalue weighted by Crippen LogP contribution is -2.25. The molecule has 116 valence electrons. The fourth-order valence-electron chi connectivity index (χ4n) is 3.43. The van der Waals surface area contributed by atoms with Crippen molar-refractivity contribution in [3.8, 4) is 0 Å². The molecule has 2 unspecified atom stereocenters. The maximum absolute atomic E-state index is 11.2. The van der Waals surface area contributed by atoms with E-state index in [1.807, 2.05) is 12.4 Å². The van der Waals surface area contributed by atoms with E-state index in [-0.39, 0.29) is 6.10 Å². The van der Waals surface area contributed by atoms with Gasteiger partial charge in [0.15, 0.2) is 0 Å². The van der Waals surface area contributed by atoms with Crippen molar-refractivity contribution < 1.29 is 12.6 Å². The number of nitrogens with zero attached hydrogens (tertiary/aromatic N) is 3. The Kier molecular flexibility index (Phi) is 3.88. The minimum absolute atomic E-state index is 0.152. The van der Waals surface area contributed by atoms with Crippen LogP contribution in [0.1, 0.15) is 25.3 Å². The number of rotatable bonds is 4. The summed E-state index contributed by atoms with van der Waals surface area (Å²) in [5.74, 6) is 1.74. The molecular weight excluding hydrogens is 290 g/mol. The molecular formula is C14H21N3O3S. The van der Waals surface area contributed by atoms with E-state index in [4.69, 9.17) is 4.18 Å². The quantitative estimate of drug-likeness (QED) is 0.779. The molecule has 6 nitrogen and oxygen atoms in total. The van der Waals surface area contributed by atoms with E-state index in [0.29, 0.717) is 11.8 Å². The molecule has 1 saturated carbocycles. The van der Waals surface area contributed by atoms with Crippen molar-refractivity contribution in [3.05, 3.63) is 18.0 Å². The molecule has 7 heteroatoms. The van der Waals surface area contributed by atoms with Gasteiger partial charge in [-0.15, -0.1) is 0 Å². The maximum Gasteiger partial charge on any atom is 0.264 e. The molecule has 1 aromatic rings. The number of aryl methyl sites for hydroxylation is 1. The highest BCUT2D eigenvalue weighted by molar-refractivity contribution is 7.86. The van der Waals surface area contributed by atoms with Crippen LogP contribution >= 0.6 is 0 Å². The summed E-state index contributed by atoms with van der Waals surface area (Å²) in [7, 11) is -3.35. The van der Waals surface area contributed by atoms with E-state index in [0.717, 1.165) is 50.1 Å². The molecule has 2 atom stereocenters. The Hall–Kier alpha value is -1.21. The summed E-state index contributed by atoms with van der Waals surface area (Å²) in [6.45, 7) is 3.86. The van der Waals surface area contributed by atoms with Crippen LogP contribution in [0.25, 0.3) is 0 Å². The number of hydrogen-bond acceptors (Lipinski definition) is 6. The van der Waals surface area contributed by atoms with Crippen molar-refractivity contribution in [2.45, 2.75) is 32.3 Å². The lowest BCUT2D eigenvalue weighted by molar-refractivity contribution is 0.210. The second kappa shape index (κ2) is 5.53. The van der Waals surface area contributed by atoms with Crippen molar-refractivity contribution in [3.63, 3.8) is 0 Å². The van der Waals surface area contributed by atoms with Crippen molar-refractivity contribution in [1.29, 1.82) is 0 Å². The number of aromatic nitrogens is 2. The van der Waals surface area contributed by atoms with Gasteiger partial charge in [0.05, 0.1) is 12.4 Å². The normalized spacial score (nSPS) is 28.9. The highest BCUT2D eigenvalue weighted by Crippen LogP contribution is 2.40. The summed E-state index contributed by atoms with van der Waals surface area (Å²) >= 11 is 0. The summed E-state index contributed by atoms with van der Waals surface area (Å²) in [5, 5.41) is 0. The second-order valence-electron chi connectivity index (χ2n) is 6.06. The van der Waals surface area contributed by atoms with Gasteiger partial charge in [-0.05, 0) is 36.7 Å². The SMILES string of the molecule is CCc1cnc(N2CC3CC(OS(C)(=O)=O)CC3C2)nc1. The van der Waals surface area contributed by atoms with Crippen LogP contribution < -0.4 is 4.90 Å². The molecule has 0 bridgehead atoms. The third-order valence-corrected chi connectivity index (χ3v) is 5.02. The average molecular weight is 311 g/mol. The van der Waals surface area contributed by atoms with E-state index in [1.165, 1.54) is 0 Å².